The molecular weight excluding hydrogens is 204 g/mol. The summed E-state index contributed by atoms with van der Waals surface area (Å²) in [7, 11) is 0. The normalized spacial score (nSPS) is 13.7. The third-order valence-electron chi connectivity index (χ3n) is 2.56. The van der Waals surface area contributed by atoms with Gasteiger partial charge in [-0.25, -0.2) is 0 Å². The van der Waals surface area contributed by atoms with Gasteiger partial charge in [0.05, 0.1) is 12.2 Å². The Labute approximate surface area is 92.0 Å². The van der Waals surface area contributed by atoms with Gasteiger partial charge < -0.3 is 10.3 Å². The maximum absolute atomic E-state index is 5.44. The minimum Gasteiger partial charge on any atom is -0.334 e. The minimum absolute atomic E-state index is 0.288. The molecule has 3 rings (SSSR count). The Hall–Kier alpha value is -2.01. The lowest BCUT2D eigenvalue weighted by molar-refractivity contribution is 0.401. The van der Waals surface area contributed by atoms with Crippen LogP contribution in [0.2, 0.25) is 0 Å². The molecule has 1 aliphatic carbocycles. The standard InChI is InChI=1S/C11H10N4O/c12-6-10-14-11(16-15-10)8-3-4-9-7(8)2-1-5-13-9/h1-3,5H,4,6,12H2. The van der Waals surface area contributed by atoms with Gasteiger partial charge in [-0.05, 0) is 6.07 Å². The second kappa shape index (κ2) is 3.53. The molecule has 0 aliphatic heterocycles. The molecule has 16 heavy (non-hydrogen) atoms. The third kappa shape index (κ3) is 1.33. The minimum atomic E-state index is 0.288. The molecule has 0 saturated heterocycles. The number of rotatable bonds is 2. The fraction of sp³-hybridized carbons (Fsp3) is 0.182. The van der Waals surface area contributed by atoms with E-state index in [4.69, 9.17) is 10.3 Å². The molecule has 0 spiro atoms. The summed E-state index contributed by atoms with van der Waals surface area (Å²) >= 11 is 0. The molecule has 2 heterocycles. The molecule has 0 saturated carbocycles. The number of hydrogen-bond donors (Lipinski definition) is 1. The summed E-state index contributed by atoms with van der Waals surface area (Å²) < 4.78 is 5.16. The van der Waals surface area contributed by atoms with Gasteiger partial charge in [0.1, 0.15) is 0 Å². The fourth-order valence-corrected chi connectivity index (χ4v) is 1.80. The Balaban J connectivity index is 2.04. The molecular formula is C11H10N4O. The highest BCUT2D eigenvalue weighted by Crippen LogP contribution is 2.30. The first-order valence-corrected chi connectivity index (χ1v) is 5.06. The van der Waals surface area contributed by atoms with E-state index < -0.39 is 0 Å². The molecule has 2 N–H and O–H groups in total. The highest BCUT2D eigenvalue weighted by molar-refractivity contribution is 5.79. The summed E-state index contributed by atoms with van der Waals surface area (Å²) in [5.41, 5.74) is 8.50. The summed E-state index contributed by atoms with van der Waals surface area (Å²) in [6.45, 7) is 0.288. The van der Waals surface area contributed by atoms with Crippen molar-refractivity contribution in [3.8, 4) is 0 Å². The van der Waals surface area contributed by atoms with Crippen molar-refractivity contribution in [2.75, 3.05) is 0 Å². The van der Waals surface area contributed by atoms with Gasteiger partial charge in [0, 0.05) is 23.8 Å². The van der Waals surface area contributed by atoms with E-state index in [0.29, 0.717) is 11.7 Å². The van der Waals surface area contributed by atoms with Gasteiger partial charge in [0.2, 0.25) is 0 Å². The molecule has 0 atom stereocenters. The number of allylic oxidation sites excluding steroid dienone is 1. The molecule has 5 heteroatoms. The first-order chi connectivity index (χ1) is 7.88. The molecule has 2 aromatic heterocycles. The van der Waals surface area contributed by atoms with Crippen molar-refractivity contribution in [2.45, 2.75) is 13.0 Å². The Bertz CT molecular complexity index is 559. The van der Waals surface area contributed by atoms with Crippen LogP contribution in [-0.2, 0) is 13.0 Å². The summed E-state index contributed by atoms with van der Waals surface area (Å²) in [4.78, 5) is 8.51. The van der Waals surface area contributed by atoms with Crippen LogP contribution in [-0.4, -0.2) is 15.1 Å². The average Bonchev–Trinajstić information content (AvgIpc) is 2.94. The summed E-state index contributed by atoms with van der Waals surface area (Å²) in [6, 6.07) is 3.91. The van der Waals surface area contributed by atoms with Crippen molar-refractivity contribution in [1.29, 1.82) is 0 Å². The van der Waals surface area contributed by atoms with Crippen LogP contribution in [0.15, 0.2) is 28.9 Å². The Kier molecular flexibility index (Phi) is 2.04. The first-order valence-electron chi connectivity index (χ1n) is 5.06. The zero-order valence-electron chi connectivity index (χ0n) is 8.55. The molecule has 0 radical (unpaired) electrons. The van der Waals surface area contributed by atoms with Crippen LogP contribution < -0.4 is 5.73 Å². The maximum Gasteiger partial charge on any atom is 0.258 e. The van der Waals surface area contributed by atoms with Crippen molar-refractivity contribution >= 4 is 5.57 Å². The monoisotopic (exact) mass is 214 g/mol. The topological polar surface area (TPSA) is 77.8 Å². The number of nitrogens with two attached hydrogens (primary N) is 1. The second-order valence-corrected chi connectivity index (χ2v) is 3.54. The molecule has 1 aliphatic rings. The maximum atomic E-state index is 5.44. The van der Waals surface area contributed by atoms with E-state index in [9.17, 15) is 0 Å². The number of nitrogens with zero attached hydrogens (tertiary/aromatic N) is 3. The lowest BCUT2D eigenvalue weighted by atomic mass is 10.1. The first kappa shape index (κ1) is 9.23. The summed E-state index contributed by atoms with van der Waals surface area (Å²) in [5, 5.41) is 3.78. The van der Waals surface area contributed by atoms with E-state index in [1.165, 1.54) is 0 Å². The number of hydrogen-bond acceptors (Lipinski definition) is 5. The zero-order chi connectivity index (χ0) is 11.0. The molecule has 0 fully saturated rings. The quantitative estimate of drug-likeness (QED) is 0.803. The van der Waals surface area contributed by atoms with Gasteiger partial charge in [-0.2, -0.15) is 4.98 Å². The van der Waals surface area contributed by atoms with Gasteiger partial charge in [0.15, 0.2) is 5.82 Å². The van der Waals surface area contributed by atoms with Crippen LogP contribution >= 0.6 is 0 Å². The van der Waals surface area contributed by atoms with E-state index in [1.54, 1.807) is 6.20 Å². The lowest BCUT2D eigenvalue weighted by Gasteiger charge is -1.98. The Morgan fingerprint density at radius 3 is 3.19 bits per heavy atom. The average molecular weight is 214 g/mol. The van der Waals surface area contributed by atoms with Gasteiger partial charge in [-0.15, -0.1) is 0 Å². The molecule has 5 nitrogen and oxygen atoms in total. The van der Waals surface area contributed by atoms with E-state index >= 15 is 0 Å². The molecule has 0 unspecified atom stereocenters. The van der Waals surface area contributed by atoms with Gasteiger partial charge in [-0.3, -0.25) is 4.98 Å². The molecule has 0 bridgehead atoms. The predicted molar refractivity (Wildman–Crippen MR) is 57.2 cm³/mol. The third-order valence-corrected chi connectivity index (χ3v) is 2.56. The van der Waals surface area contributed by atoms with E-state index in [1.807, 2.05) is 18.2 Å². The van der Waals surface area contributed by atoms with Crippen LogP contribution in [0, 0.1) is 0 Å². The fourth-order valence-electron chi connectivity index (χ4n) is 1.80. The summed E-state index contributed by atoms with van der Waals surface area (Å²) in [5.74, 6) is 1.04. The van der Waals surface area contributed by atoms with Crippen LogP contribution in [0.25, 0.3) is 5.57 Å². The largest absolute Gasteiger partial charge is 0.334 e. The molecule has 80 valence electrons. The lowest BCUT2D eigenvalue weighted by Crippen LogP contribution is -1.98. The SMILES string of the molecule is NCc1noc(C2=CCc3ncccc32)n1. The van der Waals surface area contributed by atoms with E-state index in [-0.39, 0.29) is 6.54 Å². The highest BCUT2D eigenvalue weighted by Gasteiger charge is 2.20. The van der Waals surface area contributed by atoms with Crippen LogP contribution in [0.4, 0.5) is 0 Å². The number of fused-ring (bicyclic) bond motifs is 1. The van der Waals surface area contributed by atoms with Crippen molar-refractivity contribution in [3.63, 3.8) is 0 Å². The van der Waals surface area contributed by atoms with Crippen LogP contribution in [0.3, 0.4) is 0 Å². The molecule has 2 aromatic rings. The van der Waals surface area contributed by atoms with E-state index in [0.717, 1.165) is 23.3 Å². The molecule has 0 amide bonds. The van der Waals surface area contributed by atoms with Crippen LogP contribution in [0.1, 0.15) is 23.0 Å². The number of pyridine rings is 1. The highest BCUT2D eigenvalue weighted by atomic mass is 16.5. The predicted octanol–water partition coefficient (Wildman–Crippen LogP) is 0.911. The van der Waals surface area contributed by atoms with Crippen LogP contribution in [0.5, 0.6) is 0 Å². The van der Waals surface area contributed by atoms with Crippen molar-refractivity contribution < 1.29 is 4.52 Å². The zero-order valence-corrected chi connectivity index (χ0v) is 8.55. The van der Waals surface area contributed by atoms with Gasteiger partial charge in [0.25, 0.3) is 5.89 Å². The van der Waals surface area contributed by atoms with Crippen molar-refractivity contribution in [1.82, 2.24) is 15.1 Å². The second-order valence-electron chi connectivity index (χ2n) is 3.54. The molecule has 0 aromatic carbocycles. The van der Waals surface area contributed by atoms with Crippen molar-refractivity contribution in [3.05, 3.63) is 47.4 Å². The number of aromatic nitrogens is 3. The smallest absolute Gasteiger partial charge is 0.258 e. The van der Waals surface area contributed by atoms with E-state index in [2.05, 4.69) is 15.1 Å². The Morgan fingerprint density at radius 2 is 2.38 bits per heavy atom. The van der Waals surface area contributed by atoms with Crippen molar-refractivity contribution in [2.24, 2.45) is 5.73 Å². The summed E-state index contributed by atoms with van der Waals surface area (Å²) in [6.07, 6.45) is 4.64. The Morgan fingerprint density at radius 1 is 1.44 bits per heavy atom. The van der Waals surface area contributed by atoms with Gasteiger partial charge >= 0.3 is 0 Å². The van der Waals surface area contributed by atoms with Gasteiger partial charge in [-0.1, -0.05) is 17.3 Å².